The third kappa shape index (κ3) is 3.94. The predicted molar refractivity (Wildman–Crippen MR) is 75.3 cm³/mol. The Morgan fingerprint density at radius 1 is 1.32 bits per heavy atom. The van der Waals surface area contributed by atoms with Crippen molar-refractivity contribution in [3.63, 3.8) is 0 Å². The highest BCUT2D eigenvalue weighted by molar-refractivity contribution is 5.88. The number of aromatic carboxylic acids is 1. The Bertz CT molecular complexity index is 430. The van der Waals surface area contributed by atoms with E-state index in [0.29, 0.717) is 5.92 Å². The van der Waals surface area contributed by atoms with Crippen LogP contribution >= 0.6 is 0 Å². The molecule has 1 aromatic carbocycles. The van der Waals surface area contributed by atoms with Crippen LogP contribution in [-0.2, 0) is 0 Å². The molecule has 0 amide bonds. The highest BCUT2D eigenvalue weighted by Gasteiger charge is 2.15. The van der Waals surface area contributed by atoms with Crippen molar-refractivity contribution in [2.75, 3.05) is 18.0 Å². The number of carbonyl (C=O) groups is 1. The molecule has 0 bridgehead atoms. The Hall–Kier alpha value is -1.58. The van der Waals surface area contributed by atoms with Crippen LogP contribution in [0.25, 0.3) is 0 Å². The van der Waals surface area contributed by atoms with Gasteiger partial charge in [-0.1, -0.05) is 26.7 Å². The summed E-state index contributed by atoms with van der Waals surface area (Å²) in [6, 6.07) is 4.33. The van der Waals surface area contributed by atoms with E-state index in [2.05, 4.69) is 18.7 Å². The minimum absolute atomic E-state index is 0.276. The van der Waals surface area contributed by atoms with E-state index in [9.17, 15) is 9.18 Å². The fourth-order valence-corrected chi connectivity index (χ4v) is 2.15. The first kappa shape index (κ1) is 15.5. The summed E-state index contributed by atoms with van der Waals surface area (Å²) in [6.07, 6.45) is 2.17. The van der Waals surface area contributed by atoms with E-state index in [1.165, 1.54) is 12.1 Å². The fraction of sp³-hybridized carbons (Fsp3) is 0.533. The molecule has 0 aliphatic carbocycles. The molecule has 0 unspecified atom stereocenters. The maximum absolute atomic E-state index is 13.7. The van der Waals surface area contributed by atoms with Crippen LogP contribution in [0.1, 0.15) is 44.0 Å². The predicted octanol–water partition coefficient (Wildman–Crippen LogP) is 3.79. The topological polar surface area (TPSA) is 40.5 Å². The summed E-state index contributed by atoms with van der Waals surface area (Å²) in [5.74, 6) is -1.33. The number of nitrogens with zero attached hydrogens (tertiary/aromatic N) is 1. The highest BCUT2D eigenvalue weighted by Crippen LogP contribution is 2.21. The van der Waals surface area contributed by atoms with E-state index in [4.69, 9.17) is 5.11 Å². The fourth-order valence-electron chi connectivity index (χ4n) is 2.15. The van der Waals surface area contributed by atoms with Crippen LogP contribution in [0, 0.1) is 11.7 Å². The van der Waals surface area contributed by atoms with Crippen LogP contribution in [0.3, 0.4) is 0 Å². The number of anilines is 1. The molecule has 0 saturated heterocycles. The van der Waals surface area contributed by atoms with Crippen LogP contribution in [0.2, 0.25) is 0 Å². The molecule has 1 N–H and O–H groups in total. The van der Waals surface area contributed by atoms with E-state index in [1.54, 1.807) is 6.07 Å². The molecule has 1 rings (SSSR count). The number of carboxylic acid groups (broad SMARTS) is 1. The number of carboxylic acids is 1. The lowest BCUT2D eigenvalue weighted by molar-refractivity contribution is 0.0692. The minimum atomic E-state index is -1.23. The molecule has 3 nitrogen and oxygen atoms in total. The zero-order valence-electron chi connectivity index (χ0n) is 11.8. The second-order valence-corrected chi connectivity index (χ2v) is 4.69. The second-order valence-electron chi connectivity index (χ2n) is 4.69. The summed E-state index contributed by atoms with van der Waals surface area (Å²) in [6.45, 7) is 7.97. The SMILES string of the molecule is CCC(CC)CN(CC)c1ccc(C(=O)O)c(F)c1. The van der Waals surface area contributed by atoms with Crippen LogP contribution in [0.5, 0.6) is 0 Å². The van der Waals surface area contributed by atoms with Crippen molar-refractivity contribution in [3.8, 4) is 0 Å². The lowest BCUT2D eigenvalue weighted by Crippen LogP contribution is -2.29. The van der Waals surface area contributed by atoms with Gasteiger partial charge in [-0.3, -0.25) is 0 Å². The van der Waals surface area contributed by atoms with Gasteiger partial charge in [0.25, 0.3) is 0 Å². The van der Waals surface area contributed by atoms with Crippen LogP contribution < -0.4 is 4.90 Å². The summed E-state index contributed by atoms with van der Waals surface area (Å²) in [5.41, 5.74) is 0.472. The molecule has 4 heteroatoms. The summed E-state index contributed by atoms with van der Waals surface area (Å²) in [4.78, 5) is 12.9. The van der Waals surface area contributed by atoms with Gasteiger partial charge >= 0.3 is 5.97 Å². The van der Waals surface area contributed by atoms with E-state index in [-0.39, 0.29) is 5.56 Å². The summed E-state index contributed by atoms with van der Waals surface area (Å²) >= 11 is 0. The Morgan fingerprint density at radius 3 is 2.37 bits per heavy atom. The van der Waals surface area contributed by atoms with Crippen LogP contribution in [0.4, 0.5) is 10.1 Å². The minimum Gasteiger partial charge on any atom is -0.478 e. The number of benzene rings is 1. The number of hydrogen-bond acceptors (Lipinski definition) is 2. The van der Waals surface area contributed by atoms with Crippen molar-refractivity contribution in [1.29, 1.82) is 0 Å². The molecule has 0 fully saturated rings. The van der Waals surface area contributed by atoms with Gasteiger partial charge in [0.1, 0.15) is 5.82 Å². The van der Waals surface area contributed by atoms with Crippen molar-refractivity contribution in [3.05, 3.63) is 29.6 Å². The lowest BCUT2D eigenvalue weighted by atomic mass is 10.0. The third-order valence-electron chi connectivity index (χ3n) is 3.56. The number of halogens is 1. The smallest absolute Gasteiger partial charge is 0.338 e. The van der Waals surface area contributed by atoms with E-state index >= 15 is 0 Å². The average Bonchev–Trinajstić information content (AvgIpc) is 2.39. The summed E-state index contributed by atoms with van der Waals surface area (Å²) < 4.78 is 13.7. The Kier molecular flexibility index (Phi) is 5.80. The van der Waals surface area contributed by atoms with Crippen molar-refractivity contribution in [2.45, 2.75) is 33.6 Å². The van der Waals surface area contributed by atoms with Crippen molar-refractivity contribution < 1.29 is 14.3 Å². The molecule has 0 aliphatic heterocycles. The molecule has 106 valence electrons. The molecular weight excluding hydrogens is 245 g/mol. The molecule has 0 aliphatic rings. The van der Waals surface area contributed by atoms with Gasteiger partial charge in [-0.25, -0.2) is 9.18 Å². The second kappa shape index (κ2) is 7.12. The molecular formula is C15H22FNO2. The lowest BCUT2D eigenvalue weighted by Gasteiger charge is -2.27. The maximum Gasteiger partial charge on any atom is 0.338 e. The third-order valence-corrected chi connectivity index (χ3v) is 3.56. The maximum atomic E-state index is 13.7. The number of hydrogen-bond donors (Lipinski definition) is 1. The van der Waals surface area contributed by atoms with Gasteiger partial charge in [0, 0.05) is 18.8 Å². The standard InChI is InChI=1S/C15H22FNO2/c1-4-11(5-2)10-17(6-3)12-7-8-13(15(18)19)14(16)9-12/h7-9,11H,4-6,10H2,1-3H3,(H,18,19). The Morgan fingerprint density at radius 2 is 1.95 bits per heavy atom. The first-order chi connectivity index (χ1) is 9.03. The normalized spacial score (nSPS) is 10.8. The van der Waals surface area contributed by atoms with Gasteiger partial charge in [-0.2, -0.15) is 0 Å². The van der Waals surface area contributed by atoms with Gasteiger partial charge in [0.15, 0.2) is 0 Å². The first-order valence-corrected chi connectivity index (χ1v) is 6.81. The van der Waals surface area contributed by atoms with E-state index in [0.717, 1.165) is 31.6 Å². The van der Waals surface area contributed by atoms with Crippen LogP contribution in [0.15, 0.2) is 18.2 Å². The number of rotatable bonds is 7. The van der Waals surface area contributed by atoms with Gasteiger partial charge in [0.2, 0.25) is 0 Å². The molecule has 0 atom stereocenters. The van der Waals surface area contributed by atoms with Crippen molar-refractivity contribution in [1.82, 2.24) is 0 Å². The Labute approximate surface area is 114 Å². The summed E-state index contributed by atoms with van der Waals surface area (Å²) in [7, 11) is 0. The average molecular weight is 267 g/mol. The molecule has 0 radical (unpaired) electrons. The first-order valence-electron chi connectivity index (χ1n) is 6.81. The highest BCUT2D eigenvalue weighted by atomic mass is 19.1. The molecule has 0 aromatic heterocycles. The zero-order valence-corrected chi connectivity index (χ0v) is 11.8. The monoisotopic (exact) mass is 267 g/mol. The quantitative estimate of drug-likeness (QED) is 0.817. The van der Waals surface area contributed by atoms with Gasteiger partial charge < -0.3 is 10.0 Å². The van der Waals surface area contributed by atoms with Gasteiger partial charge in [-0.05, 0) is 31.0 Å². The largest absolute Gasteiger partial charge is 0.478 e. The van der Waals surface area contributed by atoms with Gasteiger partial charge in [0.05, 0.1) is 5.56 Å². The molecule has 1 aromatic rings. The van der Waals surface area contributed by atoms with E-state index in [1.807, 2.05) is 6.92 Å². The Balaban J connectivity index is 2.93. The molecule has 19 heavy (non-hydrogen) atoms. The summed E-state index contributed by atoms with van der Waals surface area (Å²) in [5, 5.41) is 8.82. The zero-order chi connectivity index (χ0) is 14.4. The van der Waals surface area contributed by atoms with Crippen molar-refractivity contribution >= 4 is 11.7 Å². The molecule has 0 spiro atoms. The van der Waals surface area contributed by atoms with Crippen molar-refractivity contribution in [2.24, 2.45) is 5.92 Å². The molecule has 0 saturated carbocycles. The van der Waals surface area contributed by atoms with Crippen LogP contribution in [-0.4, -0.2) is 24.2 Å². The van der Waals surface area contributed by atoms with E-state index < -0.39 is 11.8 Å². The molecule has 0 heterocycles. The van der Waals surface area contributed by atoms with Gasteiger partial charge in [-0.15, -0.1) is 0 Å².